The molecule has 2 rings (SSSR count). The Balaban J connectivity index is 1.84. The van der Waals surface area contributed by atoms with E-state index in [-0.39, 0.29) is 5.11 Å². The summed E-state index contributed by atoms with van der Waals surface area (Å²) in [5.74, 6) is -0.391. The number of benzene rings is 2. The van der Waals surface area contributed by atoms with E-state index >= 15 is 0 Å². The van der Waals surface area contributed by atoms with Crippen molar-refractivity contribution >= 4 is 46.8 Å². The zero-order valence-corrected chi connectivity index (χ0v) is 16.8. The van der Waals surface area contributed by atoms with Gasteiger partial charge in [0, 0.05) is 11.1 Å². The zero-order chi connectivity index (χ0) is 20.4. The number of para-hydroxylation sites is 1. The first-order chi connectivity index (χ1) is 13.5. The molecule has 2 aromatic carbocycles. The molecule has 3 N–H and O–H groups in total. The maximum absolute atomic E-state index is 12.3. The maximum atomic E-state index is 12.3. The van der Waals surface area contributed by atoms with Crippen LogP contribution in [0.5, 0.6) is 5.75 Å². The molecule has 6 nitrogen and oxygen atoms in total. The van der Waals surface area contributed by atoms with Gasteiger partial charge in [-0.2, -0.15) is 0 Å². The molecule has 146 valence electrons. The van der Waals surface area contributed by atoms with Crippen molar-refractivity contribution in [3.63, 3.8) is 0 Å². The van der Waals surface area contributed by atoms with Crippen LogP contribution in [0.4, 0.5) is 0 Å². The molecule has 0 aliphatic carbocycles. The van der Waals surface area contributed by atoms with E-state index in [0.717, 1.165) is 12.0 Å². The van der Waals surface area contributed by atoms with Crippen molar-refractivity contribution in [3.05, 3.63) is 70.8 Å². The summed E-state index contributed by atoms with van der Waals surface area (Å²) in [5, 5.41) is 3.02. The summed E-state index contributed by atoms with van der Waals surface area (Å²) in [6.07, 6.45) is 3.77. The highest BCUT2D eigenvalue weighted by atomic mass is 35.5. The fourth-order valence-corrected chi connectivity index (χ4v) is 2.38. The van der Waals surface area contributed by atoms with Gasteiger partial charge in [-0.1, -0.05) is 42.8 Å². The van der Waals surface area contributed by atoms with E-state index < -0.39 is 11.8 Å². The van der Waals surface area contributed by atoms with Gasteiger partial charge in [-0.05, 0) is 54.5 Å². The molecule has 2 amide bonds. The second kappa shape index (κ2) is 11.1. The number of thiocarbonyl (C=S) groups is 1. The molecule has 2 aromatic rings. The Bertz CT molecular complexity index is 869. The number of carbonyl (C=O) groups is 2. The normalized spacial score (nSPS) is 10.4. The fourth-order valence-electron chi connectivity index (χ4n) is 2.10. The van der Waals surface area contributed by atoms with Gasteiger partial charge in [-0.3, -0.25) is 25.8 Å². The fraction of sp³-hybridized carbons (Fsp3) is 0.150. The van der Waals surface area contributed by atoms with Crippen LogP contribution in [0.3, 0.4) is 0 Å². The first-order valence-electron chi connectivity index (χ1n) is 8.56. The molecule has 0 aliphatic heterocycles. The number of ether oxygens (including phenoxy) is 1. The molecule has 0 spiro atoms. The number of hydrazine groups is 1. The molecule has 0 unspecified atom stereocenters. The lowest BCUT2D eigenvalue weighted by Gasteiger charge is -2.12. The topological polar surface area (TPSA) is 79.5 Å². The van der Waals surface area contributed by atoms with Crippen LogP contribution in [0.15, 0.2) is 54.6 Å². The van der Waals surface area contributed by atoms with Crippen LogP contribution in [0.25, 0.3) is 6.08 Å². The number of carbonyl (C=O) groups excluding carboxylic acids is 2. The van der Waals surface area contributed by atoms with Crippen LogP contribution in [0, 0.1) is 0 Å². The maximum Gasteiger partial charge on any atom is 0.273 e. The van der Waals surface area contributed by atoms with E-state index in [4.69, 9.17) is 28.6 Å². The van der Waals surface area contributed by atoms with Crippen LogP contribution in [0.1, 0.15) is 29.3 Å². The lowest BCUT2D eigenvalue weighted by atomic mass is 10.2. The van der Waals surface area contributed by atoms with Gasteiger partial charge in [0.05, 0.1) is 12.2 Å². The monoisotopic (exact) mass is 417 g/mol. The van der Waals surface area contributed by atoms with E-state index in [1.165, 1.54) is 6.08 Å². The molecule has 0 fully saturated rings. The largest absolute Gasteiger partial charge is 0.493 e. The van der Waals surface area contributed by atoms with Crippen LogP contribution in [-0.2, 0) is 4.79 Å². The molecule has 28 heavy (non-hydrogen) atoms. The molecule has 0 radical (unpaired) electrons. The first kappa shape index (κ1) is 21.4. The lowest BCUT2D eigenvalue weighted by molar-refractivity contribution is -0.115. The third-order valence-electron chi connectivity index (χ3n) is 3.42. The van der Waals surface area contributed by atoms with Gasteiger partial charge in [0.2, 0.25) is 5.91 Å². The van der Waals surface area contributed by atoms with E-state index in [1.54, 1.807) is 54.6 Å². The quantitative estimate of drug-likeness (QED) is 0.381. The number of hydrogen-bond acceptors (Lipinski definition) is 4. The predicted molar refractivity (Wildman–Crippen MR) is 114 cm³/mol. The van der Waals surface area contributed by atoms with Crippen molar-refractivity contribution in [2.75, 3.05) is 6.61 Å². The summed E-state index contributed by atoms with van der Waals surface area (Å²) >= 11 is 10.8. The van der Waals surface area contributed by atoms with Gasteiger partial charge in [0.1, 0.15) is 5.75 Å². The highest BCUT2D eigenvalue weighted by Crippen LogP contribution is 2.17. The van der Waals surface area contributed by atoms with Crippen molar-refractivity contribution in [2.45, 2.75) is 13.3 Å². The van der Waals surface area contributed by atoms with Crippen molar-refractivity contribution in [1.29, 1.82) is 0 Å². The Morgan fingerprint density at radius 1 is 1.11 bits per heavy atom. The summed E-state index contributed by atoms with van der Waals surface area (Å²) < 4.78 is 5.55. The molecule has 0 aliphatic rings. The third-order valence-corrected chi connectivity index (χ3v) is 3.87. The molecule has 0 bridgehead atoms. The van der Waals surface area contributed by atoms with E-state index in [9.17, 15) is 9.59 Å². The van der Waals surface area contributed by atoms with Gasteiger partial charge in [-0.25, -0.2) is 0 Å². The van der Waals surface area contributed by atoms with Crippen molar-refractivity contribution < 1.29 is 14.3 Å². The molecule has 0 heterocycles. The Labute approximate surface area is 173 Å². The van der Waals surface area contributed by atoms with E-state index in [2.05, 4.69) is 16.2 Å². The summed E-state index contributed by atoms with van der Waals surface area (Å²) in [6, 6.07) is 13.9. The SMILES string of the molecule is CCCOc1ccccc1C(=O)NNC(=S)NC(=O)/C=C/c1ccc(Cl)cc1. The Hall–Kier alpha value is -2.90. The molecule has 0 atom stereocenters. The second-order valence-electron chi connectivity index (χ2n) is 5.63. The highest BCUT2D eigenvalue weighted by molar-refractivity contribution is 7.80. The molecule has 0 saturated heterocycles. The number of hydrogen-bond donors (Lipinski definition) is 3. The first-order valence-corrected chi connectivity index (χ1v) is 9.35. The molecular weight excluding hydrogens is 398 g/mol. The van der Waals surface area contributed by atoms with Gasteiger partial charge in [0.15, 0.2) is 5.11 Å². The lowest BCUT2D eigenvalue weighted by Crippen LogP contribution is -2.48. The molecular formula is C20H20ClN3O3S. The van der Waals surface area contributed by atoms with Gasteiger partial charge in [0.25, 0.3) is 5.91 Å². The average molecular weight is 418 g/mol. The van der Waals surface area contributed by atoms with Crippen molar-refractivity contribution in [3.8, 4) is 5.75 Å². The van der Waals surface area contributed by atoms with Crippen LogP contribution in [0.2, 0.25) is 5.02 Å². The van der Waals surface area contributed by atoms with Crippen LogP contribution < -0.4 is 20.9 Å². The van der Waals surface area contributed by atoms with Crippen molar-refractivity contribution in [1.82, 2.24) is 16.2 Å². The third kappa shape index (κ3) is 7.02. The number of nitrogens with one attached hydrogen (secondary N) is 3. The summed E-state index contributed by atoms with van der Waals surface area (Å²) in [6.45, 7) is 2.49. The standard InChI is InChI=1S/C20H20ClN3O3S/c1-2-13-27-17-6-4-3-5-16(17)19(26)23-24-20(28)22-18(25)12-9-14-7-10-15(21)11-8-14/h3-12H,2,13H2,1H3,(H,23,26)(H2,22,24,25,28)/b12-9+. The summed E-state index contributed by atoms with van der Waals surface area (Å²) in [5.41, 5.74) is 6.11. The van der Waals surface area contributed by atoms with Gasteiger partial charge < -0.3 is 4.74 Å². The average Bonchev–Trinajstić information content (AvgIpc) is 2.70. The molecule has 8 heteroatoms. The summed E-state index contributed by atoms with van der Waals surface area (Å²) in [4.78, 5) is 24.2. The minimum absolute atomic E-state index is 0.0361. The van der Waals surface area contributed by atoms with Crippen LogP contribution >= 0.6 is 23.8 Å². The Morgan fingerprint density at radius 3 is 2.54 bits per heavy atom. The van der Waals surface area contributed by atoms with Gasteiger partial charge in [-0.15, -0.1) is 0 Å². The minimum Gasteiger partial charge on any atom is -0.493 e. The summed E-state index contributed by atoms with van der Waals surface area (Å²) in [7, 11) is 0. The van der Waals surface area contributed by atoms with Gasteiger partial charge >= 0.3 is 0 Å². The molecule has 0 aromatic heterocycles. The van der Waals surface area contributed by atoms with E-state index in [1.807, 2.05) is 6.92 Å². The number of rotatable bonds is 6. The molecule has 0 saturated carbocycles. The second-order valence-corrected chi connectivity index (χ2v) is 6.47. The zero-order valence-electron chi connectivity index (χ0n) is 15.2. The predicted octanol–water partition coefficient (Wildman–Crippen LogP) is 3.48. The van der Waals surface area contributed by atoms with Crippen LogP contribution in [-0.4, -0.2) is 23.5 Å². The smallest absolute Gasteiger partial charge is 0.273 e. The minimum atomic E-state index is -0.437. The number of halogens is 1. The Morgan fingerprint density at radius 2 is 1.82 bits per heavy atom. The highest BCUT2D eigenvalue weighted by Gasteiger charge is 2.12. The van der Waals surface area contributed by atoms with E-state index in [0.29, 0.717) is 22.9 Å². The number of amides is 2. The Kier molecular flexibility index (Phi) is 8.45. The van der Waals surface area contributed by atoms with Crippen molar-refractivity contribution in [2.24, 2.45) is 0 Å².